The lowest BCUT2D eigenvalue weighted by atomic mass is 10.1. The molecule has 0 aromatic carbocycles. The highest BCUT2D eigenvalue weighted by Crippen LogP contribution is 2.13. The minimum Gasteiger partial charge on any atom is -0.379 e. The molecule has 0 aliphatic carbocycles. The van der Waals surface area contributed by atoms with Crippen LogP contribution in [0.5, 0.6) is 0 Å². The van der Waals surface area contributed by atoms with Crippen LogP contribution in [0.3, 0.4) is 0 Å². The van der Waals surface area contributed by atoms with Gasteiger partial charge in [0.25, 0.3) is 5.95 Å². The molecule has 7 nitrogen and oxygen atoms in total. The number of methoxy groups -OCH3 is 1. The average Bonchev–Trinajstić information content (AvgIpc) is 2.71. The van der Waals surface area contributed by atoms with E-state index in [9.17, 15) is 0 Å². The number of tetrazole rings is 1. The van der Waals surface area contributed by atoms with E-state index in [0.717, 1.165) is 13.0 Å². The van der Waals surface area contributed by atoms with Crippen molar-refractivity contribution in [1.29, 1.82) is 0 Å². The van der Waals surface area contributed by atoms with Crippen LogP contribution in [0.25, 0.3) is 0 Å². The summed E-state index contributed by atoms with van der Waals surface area (Å²) >= 11 is 0. The van der Waals surface area contributed by atoms with Crippen LogP contribution in [-0.2, 0) is 9.47 Å². The molecule has 1 aromatic heterocycles. The van der Waals surface area contributed by atoms with Crippen LogP contribution in [-0.4, -0.2) is 53.1 Å². The Morgan fingerprint density at radius 1 is 1.64 bits per heavy atom. The molecule has 0 spiro atoms. The quantitative estimate of drug-likeness (QED) is 0.677. The largest absolute Gasteiger partial charge is 0.379 e. The second-order valence-corrected chi connectivity index (χ2v) is 3.12. The number of nitrogens with zero attached hydrogens (tertiary/aromatic N) is 3. The predicted octanol–water partition coefficient (Wildman–Crippen LogP) is -0.585. The van der Waals surface area contributed by atoms with Gasteiger partial charge in [-0.15, -0.1) is 5.10 Å². The molecule has 0 radical (unpaired) electrons. The number of anilines is 1. The first-order chi connectivity index (χ1) is 6.90. The molecular weight excluding hydrogens is 186 g/mol. The molecule has 1 aromatic rings. The van der Waals surface area contributed by atoms with Gasteiger partial charge >= 0.3 is 0 Å². The molecule has 2 N–H and O–H groups in total. The minimum absolute atomic E-state index is 0.0437. The van der Waals surface area contributed by atoms with Crippen LogP contribution in [0.4, 0.5) is 5.95 Å². The van der Waals surface area contributed by atoms with Gasteiger partial charge in [-0.25, -0.2) is 0 Å². The molecule has 78 valence electrons. The van der Waals surface area contributed by atoms with E-state index in [0.29, 0.717) is 12.6 Å². The summed E-state index contributed by atoms with van der Waals surface area (Å²) in [6.07, 6.45) is 0.926. The maximum absolute atomic E-state index is 5.29. The maximum Gasteiger partial charge on any atom is 0.263 e. The lowest BCUT2D eigenvalue weighted by Crippen LogP contribution is -2.43. The Morgan fingerprint density at radius 3 is 3.29 bits per heavy atom. The van der Waals surface area contributed by atoms with Crippen LogP contribution in [0.2, 0.25) is 0 Å². The van der Waals surface area contributed by atoms with Crippen molar-refractivity contribution < 1.29 is 9.47 Å². The summed E-state index contributed by atoms with van der Waals surface area (Å²) < 4.78 is 10.6. The van der Waals surface area contributed by atoms with Crippen LogP contribution < -0.4 is 5.32 Å². The summed E-state index contributed by atoms with van der Waals surface area (Å²) in [7, 11) is 1.67. The second-order valence-electron chi connectivity index (χ2n) is 3.12. The molecule has 0 saturated carbocycles. The van der Waals surface area contributed by atoms with Gasteiger partial charge in [-0.3, -0.25) is 0 Å². The molecule has 1 saturated heterocycles. The molecule has 1 fully saturated rings. The van der Waals surface area contributed by atoms with E-state index in [1.165, 1.54) is 0 Å². The smallest absolute Gasteiger partial charge is 0.263 e. The molecule has 2 atom stereocenters. The molecule has 1 aliphatic rings. The zero-order valence-electron chi connectivity index (χ0n) is 7.93. The summed E-state index contributed by atoms with van der Waals surface area (Å²) in [5.41, 5.74) is 0. The fourth-order valence-corrected chi connectivity index (χ4v) is 1.50. The minimum atomic E-state index is 0.0437. The van der Waals surface area contributed by atoms with Crippen LogP contribution in [0.15, 0.2) is 0 Å². The lowest BCUT2D eigenvalue weighted by Gasteiger charge is -2.30. The number of hydrogen-bond acceptors (Lipinski definition) is 6. The van der Waals surface area contributed by atoms with Gasteiger partial charge < -0.3 is 14.8 Å². The van der Waals surface area contributed by atoms with Crippen molar-refractivity contribution in [2.24, 2.45) is 0 Å². The van der Waals surface area contributed by atoms with Gasteiger partial charge in [0.15, 0.2) is 0 Å². The third kappa shape index (κ3) is 1.99. The standard InChI is InChI=1S/C7H13N5O2/c1-13-6-4-14-3-2-5(6)8-7-9-11-12-10-7/h5-6H,2-4H2,1H3,(H2,8,9,10,11,12). The van der Waals surface area contributed by atoms with Crippen molar-refractivity contribution in [2.45, 2.75) is 18.6 Å². The second kappa shape index (κ2) is 4.34. The Morgan fingerprint density at radius 2 is 2.57 bits per heavy atom. The molecule has 14 heavy (non-hydrogen) atoms. The summed E-state index contributed by atoms with van der Waals surface area (Å²) in [6.45, 7) is 1.33. The Labute approximate surface area is 81.2 Å². The van der Waals surface area contributed by atoms with Gasteiger partial charge in [-0.1, -0.05) is 5.10 Å². The summed E-state index contributed by atoms with van der Waals surface area (Å²) in [5, 5.41) is 16.6. The zero-order valence-corrected chi connectivity index (χ0v) is 7.93. The number of hydrogen-bond donors (Lipinski definition) is 2. The van der Waals surface area contributed by atoms with Gasteiger partial charge in [0.05, 0.1) is 12.6 Å². The van der Waals surface area contributed by atoms with Gasteiger partial charge in [-0.05, 0) is 11.6 Å². The van der Waals surface area contributed by atoms with E-state index in [1.54, 1.807) is 7.11 Å². The van der Waals surface area contributed by atoms with E-state index < -0.39 is 0 Å². The average molecular weight is 199 g/mol. The van der Waals surface area contributed by atoms with Gasteiger partial charge in [0.2, 0.25) is 0 Å². The number of ether oxygens (including phenoxy) is 2. The number of H-pyrrole nitrogens is 1. The van der Waals surface area contributed by atoms with E-state index in [4.69, 9.17) is 9.47 Å². The van der Waals surface area contributed by atoms with Crippen LogP contribution in [0, 0.1) is 0 Å². The van der Waals surface area contributed by atoms with Gasteiger partial charge in [0.1, 0.15) is 6.10 Å². The van der Waals surface area contributed by atoms with Crippen molar-refractivity contribution in [3.63, 3.8) is 0 Å². The normalized spacial score (nSPS) is 27.5. The molecule has 7 heteroatoms. The zero-order chi connectivity index (χ0) is 9.80. The van der Waals surface area contributed by atoms with Crippen LogP contribution in [0.1, 0.15) is 6.42 Å². The van der Waals surface area contributed by atoms with Crippen molar-refractivity contribution in [1.82, 2.24) is 20.6 Å². The lowest BCUT2D eigenvalue weighted by molar-refractivity contribution is -0.0367. The third-order valence-corrected chi connectivity index (χ3v) is 2.27. The summed E-state index contributed by atoms with van der Waals surface area (Å²) in [5.74, 6) is 0.499. The van der Waals surface area contributed by atoms with Crippen molar-refractivity contribution in [3.8, 4) is 0 Å². The predicted molar refractivity (Wildman–Crippen MR) is 47.8 cm³/mol. The first-order valence-corrected chi connectivity index (χ1v) is 4.50. The SMILES string of the molecule is COC1COCCC1Nc1nn[nH]n1. The molecule has 2 rings (SSSR count). The summed E-state index contributed by atoms with van der Waals surface area (Å²) in [4.78, 5) is 0. The first-order valence-electron chi connectivity index (χ1n) is 4.50. The van der Waals surface area contributed by atoms with E-state index in [2.05, 4.69) is 25.9 Å². The van der Waals surface area contributed by atoms with Crippen molar-refractivity contribution in [2.75, 3.05) is 25.6 Å². The fourth-order valence-electron chi connectivity index (χ4n) is 1.50. The highest BCUT2D eigenvalue weighted by Gasteiger charge is 2.26. The first kappa shape index (κ1) is 9.35. The van der Waals surface area contributed by atoms with Gasteiger partial charge in [0, 0.05) is 13.7 Å². The third-order valence-electron chi connectivity index (χ3n) is 2.27. The van der Waals surface area contributed by atoms with Crippen LogP contribution >= 0.6 is 0 Å². The molecule has 2 heterocycles. The molecule has 1 aliphatic heterocycles. The Balaban J connectivity index is 1.94. The van der Waals surface area contributed by atoms with Crippen molar-refractivity contribution in [3.05, 3.63) is 0 Å². The number of nitrogens with one attached hydrogen (secondary N) is 2. The molecular formula is C7H13N5O2. The Bertz CT molecular complexity index is 265. The van der Waals surface area contributed by atoms with E-state index in [-0.39, 0.29) is 12.1 Å². The summed E-state index contributed by atoms with van der Waals surface area (Å²) in [6, 6.07) is 0.186. The highest BCUT2D eigenvalue weighted by atomic mass is 16.5. The van der Waals surface area contributed by atoms with E-state index in [1.807, 2.05) is 0 Å². The number of aromatic amines is 1. The van der Waals surface area contributed by atoms with Gasteiger partial charge in [-0.2, -0.15) is 5.21 Å². The van der Waals surface area contributed by atoms with E-state index >= 15 is 0 Å². The monoisotopic (exact) mass is 199 g/mol. The molecule has 2 unspecified atom stereocenters. The maximum atomic E-state index is 5.29. The number of rotatable bonds is 3. The molecule has 0 amide bonds. The fraction of sp³-hybridized carbons (Fsp3) is 0.857. The highest BCUT2D eigenvalue weighted by molar-refractivity contribution is 5.22. The topological polar surface area (TPSA) is 85.0 Å². The Kier molecular flexibility index (Phi) is 2.90. The number of aromatic nitrogens is 4. The molecule has 0 bridgehead atoms. The van der Waals surface area contributed by atoms with Crippen molar-refractivity contribution >= 4 is 5.95 Å². The Hall–Kier alpha value is -1.21.